The summed E-state index contributed by atoms with van der Waals surface area (Å²) in [4.78, 5) is 12.1. The highest BCUT2D eigenvalue weighted by molar-refractivity contribution is 9.10. The van der Waals surface area contributed by atoms with E-state index in [2.05, 4.69) is 37.2 Å². The zero-order valence-electron chi connectivity index (χ0n) is 9.72. The smallest absolute Gasteiger partial charge is 0.251 e. The number of nitrogens with one attached hydrogen (secondary N) is 1. The summed E-state index contributed by atoms with van der Waals surface area (Å²) in [7, 11) is 0. The highest BCUT2D eigenvalue weighted by Crippen LogP contribution is 2.33. The first kappa shape index (κ1) is 13.1. The first-order valence-electron chi connectivity index (χ1n) is 5.71. The van der Waals surface area contributed by atoms with Gasteiger partial charge in [-0.05, 0) is 49.9 Å². The minimum atomic E-state index is -0.0158. The molecule has 1 N–H and O–H groups in total. The van der Waals surface area contributed by atoms with Gasteiger partial charge in [-0.3, -0.25) is 4.79 Å². The van der Waals surface area contributed by atoms with Crippen molar-refractivity contribution in [2.24, 2.45) is 0 Å². The van der Waals surface area contributed by atoms with Gasteiger partial charge >= 0.3 is 0 Å². The van der Waals surface area contributed by atoms with E-state index in [0.717, 1.165) is 33.8 Å². The molecule has 2 rings (SSSR count). The normalized spacial score (nSPS) is 17.4. The molecule has 1 aromatic rings. The number of carbonyl (C=O) groups excluding carboxylic acids is 1. The molecule has 2 nitrogen and oxygen atoms in total. The van der Waals surface area contributed by atoms with E-state index in [0.29, 0.717) is 0 Å². The molecule has 0 bridgehead atoms. The van der Waals surface area contributed by atoms with Crippen molar-refractivity contribution >= 4 is 37.8 Å². The molecule has 0 saturated heterocycles. The third kappa shape index (κ3) is 2.74. The van der Waals surface area contributed by atoms with Crippen LogP contribution in [0.5, 0.6) is 0 Å². The molecule has 1 amide bonds. The Labute approximate surface area is 118 Å². The lowest BCUT2D eigenvalue weighted by molar-refractivity contribution is 0.0856. The van der Waals surface area contributed by atoms with Crippen molar-refractivity contribution in [2.75, 3.05) is 5.33 Å². The molecule has 17 heavy (non-hydrogen) atoms. The molecule has 0 heterocycles. The van der Waals surface area contributed by atoms with Crippen LogP contribution in [0.2, 0.25) is 0 Å². The number of alkyl halides is 1. The van der Waals surface area contributed by atoms with Crippen LogP contribution < -0.4 is 5.32 Å². The molecule has 0 aromatic heterocycles. The molecule has 1 saturated carbocycles. The molecule has 1 aliphatic rings. The molecule has 0 atom stereocenters. The lowest BCUT2D eigenvalue weighted by Gasteiger charge is -2.41. The van der Waals surface area contributed by atoms with Gasteiger partial charge in [-0.1, -0.05) is 31.9 Å². The van der Waals surface area contributed by atoms with Crippen LogP contribution in [-0.4, -0.2) is 16.8 Å². The lowest BCUT2D eigenvalue weighted by atomic mass is 9.78. The van der Waals surface area contributed by atoms with Crippen LogP contribution in [0.25, 0.3) is 0 Å². The Morgan fingerprint density at radius 2 is 2.18 bits per heavy atom. The predicted octanol–water partition coefficient (Wildman–Crippen LogP) is 3.80. The van der Waals surface area contributed by atoms with Gasteiger partial charge in [-0.15, -0.1) is 0 Å². The van der Waals surface area contributed by atoms with E-state index in [4.69, 9.17) is 0 Å². The molecule has 1 fully saturated rings. The van der Waals surface area contributed by atoms with Gasteiger partial charge in [0.15, 0.2) is 0 Å². The second-order valence-electron chi connectivity index (χ2n) is 4.69. The Bertz CT molecular complexity index is 436. The van der Waals surface area contributed by atoms with Crippen LogP contribution in [0.4, 0.5) is 0 Å². The first-order valence-corrected chi connectivity index (χ1v) is 7.62. The van der Waals surface area contributed by atoms with Crippen molar-refractivity contribution in [3.8, 4) is 0 Å². The number of benzene rings is 1. The Balaban J connectivity index is 2.11. The minimum Gasteiger partial charge on any atom is -0.346 e. The largest absolute Gasteiger partial charge is 0.346 e. The topological polar surface area (TPSA) is 29.1 Å². The summed E-state index contributed by atoms with van der Waals surface area (Å²) in [6, 6.07) is 5.69. The molecule has 0 spiro atoms. The summed E-state index contributed by atoms with van der Waals surface area (Å²) in [5.41, 5.74) is 1.80. The fourth-order valence-electron chi connectivity index (χ4n) is 1.99. The van der Waals surface area contributed by atoms with Crippen LogP contribution >= 0.6 is 31.9 Å². The van der Waals surface area contributed by atoms with E-state index >= 15 is 0 Å². The fraction of sp³-hybridized carbons (Fsp3) is 0.462. The van der Waals surface area contributed by atoms with Crippen LogP contribution in [-0.2, 0) is 0 Å². The number of amides is 1. The highest BCUT2D eigenvalue weighted by Gasteiger charge is 2.37. The molecule has 1 aromatic carbocycles. The quantitative estimate of drug-likeness (QED) is 0.816. The zero-order chi connectivity index (χ0) is 12.5. The minimum absolute atomic E-state index is 0.0158. The number of hydrogen-bond donors (Lipinski definition) is 1. The van der Waals surface area contributed by atoms with Gasteiger partial charge < -0.3 is 5.32 Å². The van der Waals surface area contributed by atoms with E-state index in [1.165, 1.54) is 6.42 Å². The Morgan fingerprint density at radius 3 is 2.65 bits per heavy atom. The van der Waals surface area contributed by atoms with Gasteiger partial charge in [-0.2, -0.15) is 0 Å². The summed E-state index contributed by atoms with van der Waals surface area (Å²) in [6.07, 6.45) is 3.34. The fourth-order valence-corrected chi connectivity index (χ4v) is 2.94. The summed E-state index contributed by atoms with van der Waals surface area (Å²) in [5, 5.41) is 3.98. The second-order valence-corrected chi connectivity index (χ2v) is 6.10. The van der Waals surface area contributed by atoms with Crippen molar-refractivity contribution in [3.05, 3.63) is 33.8 Å². The third-order valence-electron chi connectivity index (χ3n) is 3.37. The van der Waals surface area contributed by atoms with Crippen molar-refractivity contribution < 1.29 is 4.79 Å². The molecule has 0 radical (unpaired) electrons. The molecular weight excluding hydrogens is 346 g/mol. The highest BCUT2D eigenvalue weighted by atomic mass is 79.9. The van der Waals surface area contributed by atoms with Crippen molar-refractivity contribution in [2.45, 2.75) is 31.7 Å². The average Bonchev–Trinajstić information content (AvgIpc) is 2.27. The third-order valence-corrected chi connectivity index (χ3v) is 5.33. The van der Waals surface area contributed by atoms with Gasteiger partial charge in [0.05, 0.1) is 5.54 Å². The SMILES string of the molecule is Cc1cc(C(=O)NC2(CBr)CCC2)ccc1Br. The molecule has 92 valence electrons. The maximum atomic E-state index is 12.1. The number of aryl methyl sites for hydroxylation is 1. The van der Waals surface area contributed by atoms with Crippen LogP contribution in [0.3, 0.4) is 0 Å². The van der Waals surface area contributed by atoms with Crippen molar-refractivity contribution in [1.82, 2.24) is 5.32 Å². The molecule has 0 unspecified atom stereocenters. The number of carbonyl (C=O) groups is 1. The van der Waals surface area contributed by atoms with Crippen LogP contribution in [0, 0.1) is 6.92 Å². The maximum Gasteiger partial charge on any atom is 0.251 e. The maximum absolute atomic E-state index is 12.1. The van der Waals surface area contributed by atoms with E-state index in [1.54, 1.807) is 0 Å². The van der Waals surface area contributed by atoms with Crippen molar-refractivity contribution in [1.29, 1.82) is 0 Å². The number of rotatable bonds is 3. The van der Waals surface area contributed by atoms with Crippen LogP contribution in [0.15, 0.2) is 22.7 Å². The van der Waals surface area contributed by atoms with Gasteiger partial charge in [0, 0.05) is 15.4 Å². The van der Waals surface area contributed by atoms with Crippen molar-refractivity contribution in [3.63, 3.8) is 0 Å². The Morgan fingerprint density at radius 1 is 1.47 bits per heavy atom. The number of hydrogen-bond acceptors (Lipinski definition) is 1. The van der Waals surface area contributed by atoms with Gasteiger partial charge in [0.25, 0.3) is 5.91 Å². The first-order chi connectivity index (χ1) is 8.06. The van der Waals surface area contributed by atoms with Gasteiger partial charge in [-0.25, -0.2) is 0 Å². The lowest BCUT2D eigenvalue weighted by Crippen LogP contribution is -2.54. The summed E-state index contributed by atoms with van der Waals surface area (Å²) in [5.74, 6) is 0.0275. The van der Waals surface area contributed by atoms with E-state index < -0.39 is 0 Å². The Kier molecular flexibility index (Phi) is 3.93. The van der Waals surface area contributed by atoms with E-state index in [1.807, 2.05) is 25.1 Å². The Hall–Kier alpha value is -0.350. The number of halogens is 2. The summed E-state index contributed by atoms with van der Waals surface area (Å²) in [6.45, 7) is 1.99. The summed E-state index contributed by atoms with van der Waals surface area (Å²) < 4.78 is 1.04. The molecular formula is C13H15Br2NO. The predicted molar refractivity (Wildman–Crippen MR) is 76.7 cm³/mol. The van der Waals surface area contributed by atoms with E-state index in [-0.39, 0.29) is 11.4 Å². The molecule has 4 heteroatoms. The van der Waals surface area contributed by atoms with E-state index in [9.17, 15) is 4.79 Å². The monoisotopic (exact) mass is 359 g/mol. The zero-order valence-corrected chi connectivity index (χ0v) is 12.9. The average molecular weight is 361 g/mol. The van der Waals surface area contributed by atoms with Gasteiger partial charge in [0.2, 0.25) is 0 Å². The van der Waals surface area contributed by atoms with Crippen LogP contribution in [0.1, 0.15) is 35.2 Å². The molecule has 0 aliphatic heterocycles. The summed E-state index contributed by atoms with van der Waals surface area (Å²) >= 11 is 6.93. The standard InChI is InChI=1S/C13H15Br2NO/c1-9-7-10(3-4-11(9)15)12(17)16-13(8-14)5-2-6-13/h3-4,7H,2,5-6,8H2,1H3,(H,16,17). The second kappa shape index (κ2) is 5.11. The molecule has 1 aliphatic carbocycles. The van der Waals surface area contributed by atoms with Gasteiger partial charge in [0.1, 0.15) is 0 Å².